The number of halogens is 1. The number of benzene rings is 1. The van der Waals surface area contributed by atoms with Gasteiger partial charge in [-0.05, 0) is 24.1 Å². The molecule has 13 heavy (non-hydrogen) atoms. The molecule has 0 aliphatic heterocycles. The molecule has 0 saturated heterocycles. The Labute approximate surface area is 83.6 Å². The fraction of sp³-hybridized carbons (Fsp3) is 0.333. The number of aromatic hydroxyl groups is 2. The summed E-state index contributed by atoms with van der Waals surface area (Å²) in [5, 5.41) is 18.2. The van der Waals surface area contributed by atoms with E-state index >= 15 is 0 Å². The number of phenols is 2. The van der Waals surface area contributed by atoms with Crippen molar-refractivity contribution >= 4 is 12.4 Å². The molecule has 0 unspecified atom stereocenters. The molecule has 1 aromatic rings. The van der Waals surface area contributed by atoms with Crippen LogP contribution >= 0.6 is 12.4 Å². The second kappa shape index (κ2) is 4.94. The molecule has 74 valence electrons. The minimum Gasteiger partial charge on any atom is -0.508 e. The minimum atomic E-state index is -0.122. The molecule has 0 amide bonds. The highest BCUT2D eigenvalue weighted by molar-refractivity contribution is 5.85. The van der Waals surface area contributed by atoms with Crippen molar-refractivity contribution in [3.63, 3.8) is 0 Å². The summed E-state index contributed by atoms with van der Waals surface area (Å²) in [6.45, 7) is 1.95. The third-order valence-electron chi connectivity index (χ3n) is 1.79. The Kier molecular flexibility index (Phi) is 4.59. The van der Waals surface area contributed by atoms with Crippen LogP contribution in [0.25, 0.3) is 0 Å². The molecule has 1 rings (SSSR count). The van der Waals surface area contributed by atoms with Gasteiger partial charge in [0, 0.05) is 12.1 Å². The molecule has 0 aliphatic carbocycles. The van der Waals surface area contributed by atoms with E-state index in [1.54, 1.807) is 12.1 Å². The van der Waals surface area contributed by atoms with Gasteiger partial charge in [-0.2, -0.15) is 0 Å². The van der Waals surface area contributed by atoms with Crippen molar-refractivity contribution in [3.05, 3.63) is 23.8 Å². The summed E-state index contributed by atoms with van der Waals surface area (Å²) in [6, 6.07) is 4.29. The fourth-order valence-corrected chi connectivity index (χ4v) is 1.07. The molecule has 0 saturated carbocycles. The maximum absolute atomic E-state index is 9.12. The second-order valence-electron chi connectivity index (χ2n) is 2.80. The van der Waals surface area contributed by atoms with Crippen LogP contribution in [0.5, 0.6) is 11.5 Å². The number of rotatable bonds is 2. The number of hydrogen-bond donors (Lipinski definition) is 3. The van der Waals surface area contributed by atoms with Gasteiger partial charge in [0.15, 0.2) is 0 Å². The zero-order valence-corrected chi connectivity index (χ0v) is 8.21. The molecule has 0 bridgehead atoms. The molecular formula is C9H14ClNO2. The number of phenolic OH excluding ortho intramolecular Hbond substituents is 2. The lowest BCUT2D eigenvalue weighted by Gasteiger charge is -2.09. The predicted molar refractivity (Wildman–Crippen MR) is 54.2 cm³/mol. The van der Waals surface area contributed by atoms with Crippen molar-refractivity contribution in [1.29, 1.82) is 0 Å². The van der Waals surface area contributed by atoms with Crippen molar-refractivity contribution in [2.24, 2.45) is 5.73 Å². The lowest BCUT2D eigenvalue weighted by atomic mass is 10.1. The highest BCUT2D eigenvalue weighted by Gasteiger charge is 2.05. The zero-order valence-electron chi connectivity index (χ0n) is 7.40. The van der Waals surface area contributed by atoms with Crippen LogP contribution in [-0.4, -0.2) is 10.2 Å². The summed E-state index contributed by atoms with van der Waals surface area (Å²) >= 11 is 0. The maximum Gasteiger partial charge on any atom is 0.119 e. The largest absolute Gasteiger partial charge is 0.508 e. The van der Waals surface area contributed by atoms with E-state index < -0.39 is 0 Å². The first-order valence-electron chi connectivity index (χ1n) is 3.92. The van der Waals surface area contributed by atoms with Crippen LogP contribution in [-0.2, 0) is 0 Å². The van der Waals surface area contributed by atoms with Crippen molar-refractivity contribution in [1.82, 2.24) is 0 Å². The highest BCUT2D eigenvalue weighted by Crippen LogP contribution is 2.24. The van der Waals surface area contributed by atoms with Crippen LogP contribution in [0.4, 0.5) is 0 Å². The smallest absolute Gasteiger partial charge is 0.119 e. The summed E-state index contributed by atoms with van der Waals surface area (Å²) in [7, 11) is 0. The van der Waals surface area contributed by atoms with Gasteiger partial charge in [-0.15, -0.1) is 12.4 Å². The van der Waals surface area contributed by atoms with Crippen LogP contribution in [0, 0.1) is 0 Å². The Morgan fingerprint density at radius 3 is 2.08 bits per heavy atom. The first-order valence-corrected chi connectivity index (χ1v) is 3.92. The lowest BCUT2D eigenvalue weighted by Crippen LogP contribution is -2.07. The van der Waals surface area contributed by atoms with Crippen LogP contribution in [0.2, 0.25) is 0 Å². The van der Waals surface area contributed by atoms with Gasteiger partial charge in [-0.1, -0.05) is 6.92 Å². The molecule has 0 aromatic heterocycles. The van der Waals surface area contributed by atoms with Gasteiger partial charge in [0.25, 0.3) is 0 Å². The first-order chi connectivity index (χ1) is 5.63. The molecule has 4 N–H and O–H groups in total. The van der Waals surface area contributed by atoms with Gasteiger partial charge in [0.05, 0.1) is 0 Å². The van der Waals surface area contributed by atoms with E-state index in [9.17, 15) is 0 Å². The van der Waals surface area contributed by atoms with Crippen LogP contribution < -0.4 is 5.73 Å². The Morgan fingerprint density at radius 1 is 1.23 bits per heavy atom. The third kappa shape index (κ3) is 3.13. The van der Waals surface area contributed by atoms with Gasteiger partial charge in [-0.25, -0.2) is 0 Å². The average Bonchev–Trinajstić information content (AvgIpc) is 2.01. The lowest BCUT2D eigenvalue weighted by molar-refractivity contribution is 0.447. The predicted octanol–water partition coefficient (Wildman–Crippen LogP) is 1.93. The minimum absolute atomic E-state index is 0. The van der Waals surface area contributed by atoms with E-state index in [0.29, 0.717) is 0 Å². The number of hydrogen-bond acceptors (Lipinski definition) is 3. The first kappa shape index (κ1) is 12.1. The van der Waals surface area contributed by atoms with E-state index in [4.69, 9.17) is 15.9 Å². The van der Waals surface area contributed by atoms with E-state index in [1.165, 1.54) is 6.07 Å². The molecule has 1 aromatic carbocycles. The fourth-order valence-electron chi connectivity index (χ4n) is 1.07. The average molecular weight is 204 g/mol. The number of nitrogens with two attached hydrogens (primary N) is 1. The summed E-state index contributed by atoms with van der Waals surface area (Å²) in [6.07, 6.45) is 0.781. The van der Waals surface area contributed by atoms with Crippen LogP contribution in [0.3, 0.4) is 0 Å². The highest BCUT2D eigenvalue weighted by atomic mass is 35.5. The standard InChI is InChI=1S/C9H13NO2.ClH/c1-2-9(10)6-3-7(11)5-8(12)4-6;/h3-5,9,11-12H,2,10H2,1H3;1H/t9-;/m1./s1. The topological polar surface area (TPSA) is 66.5 Å². The van der Waals surface area contributed by atoms with Gasteiger partial charge in [-0.3, -0.25) is 0 Å². The molecule has 0 heterocycles. The summed E-state index contributed by atoms with van der Waals surface area (Å²) in [4.78, 5) is 0. The molecule has 0 aliphatic rings. The van der Waals surface area contributed by atoms with E-state index in [0.717, 1.165) is 12.0 Å². The Hall–Kier alpha value is -0.930. The van der Waals surface area contributed by atoms with E-state index in [2.05, 4.69) is 0 Å². The Morgan fingerprint density at radius 2 is 1.69 bits per heavy atom. The molecular weight excluding hydrogens is 190 g/mol. The third-order valence-corrected chi connectivity index (χ3v) is 1.79. The molecule has 0 fully saturated rings. The molecule has 0 radical (unpaired) electrons. The quantitative estimate of drug-likeness (QED) is 0.688. The maximum atomic E-state index is 9.12. The van der Waals surface area contributed by atoms with Gasteiger partial charge < -0.3 is 15.9 Å². The van der Waals surface area contributed by atoms with E-state index in [-0.39, 0.29) is 29.9 Å². The second-order valence-corrected chi connectivity index (χ2v) is 2.80. The SMILES string of the molecule is CC[C@@H](N)c1cc(O)cc(O)c1.Cl. The zero-order chi connectivity index (χ0) is 9.14. The summed E-state index contributed by atoms with van der Waals surface area (Å²) < 4.78 is 0. The Balaban J connectivity index is 0.00000144. The van der Waals surface area contributed by atoms with Crippen LogP contribution in [0.1, 0.15) is 24.9 Å². The molecule has 1 atom stereocenters. The van der Waals surface area contributed by atoms with Gasteiger partial charge in [0.2, 0.25) is 0 Å². The van der Waals surface area contributed by atoms with E-state index in [1.807, 2.05) is 6.92 Å². The van der Waals surface area contributed by atoms with Crippen molar-refractivity contribution in [3.8, 4) is 11.5 Å². The van der Waals surface area contributed by atoms with Crippen LogP contribution in [0.15, 0.2) is 18.2 Å². The normalized spacial score (nSPS) is 11.8. The van der Waals surface area contributed by atoms with Crippen molar-refractivity contribution in [2.45, 2.75) is 19.4 Å². The monoisotopic (exact) mass is 203 g/mol. The van der Waals surface area contributed by atoms with Gasteiger partial charge in [0.1, 0.15) is 11.5 Å². The molecule has 3 nitrogen and oxygen atoms in total. The van der Waals surface area contributed by atoms with Crippen molar-refractivity contribution in [2.75, 3.05) is 0 Å². The summed E-state index contributed by atoms with van der Waals surface area (Å²) in [5.74, 6) is 0.0998. The Bertz CT molecular complexity index is 258. The van der Waals surface area contributed by atoms with Crippen molar-refractivity contribution < 1.29 is 10.2 Å². The van der Waals surface area contributed by atoms with Gasteiger partial charge >= 0.3 is 0 Å². The molecule has 0 spiro atoms. The summed E-state index contributed by atoms with van der Waals surface area (Å²) in [5.41, 5.74) is 6.47. The molecule has 4 heteroatoms.